The summed E-state index contributed by atoms with van der Waals surface area (Å²) in [5.74, 6) is 1.23. The number of methoxy groups -OCH3 is 1. The average molecular weight is 444 g/mol. The highest BCUT2D eigenvalue weighted by molar-refractivity contribution is 9.10. The zero-order valence-corrected chi connectivity index (χ0v) is 17.3. The van der Waals surface area contributed by atoms with Crippen molar-refractivity contribution in [1.82, 2.24) is 5.32 Å². The molecule has 3 nitrogen and oxygen atoms in total. The number of hydrogen-bond donors (Lipinski definition) is 1. The number of benzene rings is 3. The molecule has 0 fully saturated rings. The second kappa shape index (κ2) is 10.2. The van der Waals surface area contributed by atoms with Crippen LogP contribution in [0.1, 0.15) is 16.7 Å². The van der Waals surface area contributed by atoms with Gasteiger partial charge in [0.15, 0.2) is 11.5 Å². The first-order valence-electron chi connectivity index (χ1n) is 9.14. The molecule has 3 aromatic carbocycles. The minimum Gasteiger partial charge on any atom is -0.493 e. The Morgan fingerprint density at radius 3 is 2.46 bits per heavy atom. The molecule has 0 unspecified atom stereocenters. The maximum Gasteiger partial charge on any atom is 0.166 e. The van der Waals surface area contributed by atoms with E-state index in [1.54, 1.807) is 13.2 Å². The van der Waals surface area contributed by atoms with Crippen LogP contribution in [0.3, 0.4) is 0 Å². The van der Waals surface area contributed by atoms with E-state index in [0.29, 0.717) is 43.2 Å². The minimum atomic E-state index is -0.166. The standard InChI is InChI=1S/C23H23BrFNO2/c1-27-22-14-20(24)13-19(23(22)28-16-17-7-3-2-4-8-17)15-26-12-11-18-9-5-6-10-21(18)25/h2-10,13-14,26H,11-12,15-16H2,1H3. The lowest BCUT2D eigenvalue weighted by Crippen LogP contribution is -2.18. The second-order valence-corrected chi connectivity index (χ2v) is 7.30. The lowest BCUT2D eigenvalue weighted by atomic mass is 10.1. The van der Waals surface area contributed by atoms with Gasteiger partial charge in [0.1, 0.15) is 12.4 Å². The summed E-state index contributed by atoms with van der Waals surface area (Å²) in [6.07, 6.45) is 0.623. The molecule has 5 heteroatoms. The lowest BCUT2D eigenvalue weighted by Gasteiger charge is -2.16. The molecule has 0 atom stereocenters. The Morgan fingerprint density at radius 1 is 0.964 bits per heavy atom. The Bertz CT molecular complexity index is 902. The summed E-state index contributed by atoms with van der Waals surface area (Å²) in [6.45, 7) is 1.71. The molecular formula is C23H23BrFNO2. The molecule has 0 amide bonds. The van der Waals surface area contributed by atoms with E-state index in [4.69, 9.17) is 9.47 Å². The summed E-state index contributed by atoms with van der Waals surface area (Å²) >= 11 is 3.53. The van der Waals surface area contributed by atoms with E-state index in [1.165, 1.54) is 6.07 Å². The van der Waals surface area contributed by atoms with Crippen LogP contribution < -0.4 is 14.8 Å². The van der Waals surface area contributed by atoms with Crippen LogP contribution in [-0.2, 0) is 19.6 Å². The predicted molar refractivity (Wildman–Crippen MR) is 113 cm³/mol. The van der Waals surface area contributed by atoms with E-state index in [1.807, 2.05) is 54.6 Å². The molecule has 0 saturated heterocycles. The summed E-state index contributed by atoms with van der Waals surface area (Å²) in [6, 6.07) is 20.8. The molecule has 0 spiro atoms. The van der Waals surface area contributed by atoms with Crippen LogP contribution in [0.2, 0.25) is 0 Å². The van der Waals surface area contributed by atoms with Gasteiger partial charge in [-0.05, 0) is 42.3 Å². The molecule has 3 aromatic rings. The molecule has 0 bridgehead atoms. The third-order valence-corrected chi connectivity index (χ3v) is 4.84. The van der Waals surface area contributed by atoms with E-state index >= 15 is 0 Å². The van der Waals surface area contributed by atoms with Gasteiger partial charge in [-0.3, -0.25) is 0 Å². The molecule has 0 aliphatic rings. The zero-order valence-electron chi connectivity index (χ0n) is 15.8. The highest BCUT2D eigenvalue weighted by Gasteiger charge is 2.13. The molecule has 0 aliphatic carbocycles. The average Bonchev–Trinajstić information content (AvgIpc) is 2.72. The fourth-order valence-electron chi connectivity index (χ4n) is 2.95. The summed E-state index contributed by atoms with van der Waals surface area (Å²) in [7, 11) is 1.63. The van der Waals surface area contributed by atoms with Crippen molar-refractivity contribution in [2.75, 3.05) is 13.7 Å². The van der Waals surface area contributed by atoms with Crippen molar-refractivity contribution in [3.05, 3.63) is 93.7 Å². The van der Waals surface area contributed by atoms with E-state index < -0.39 is 0 Å². The first kappa shape index (κ1) is 20.4. The molecule has 0 aliphatic heterocycles. The van der Waals surface area contributed by atoms with Gasteiger partial charge in [-0.25, -0.2) is 4.39 Å². The van der Waals surface area contributed by atoms with Crippen LogP contribution in [0.25, 0.3) is 0 Å². The van der Waals surface area contributed by atoms with Crippen molar-refractivity contribution in [3.63, 3.8) is 0 Å². The Labute approximate surface area is 173 Å². The number of hydrogen-bond acceptors (Lipinski definition) is 3. The highest BCUT2D eigenvalue weighted by atomic mass is 79.9. The van der Waals surface area contributed by atoms with Gasteiger partial charge in [-0.15, -0.1) is 0 Å². The van der Waals surface area contributed by atoms with E-state index in [9.17, 15) is 4.39 Å². The number of rotatable bonds is 9. The maximum absolute atomic E-state index is 13.7. The molecule has 146 valence electrons. The Morgan fingerprint density at radius 2 is 1.71 bits per heavy atom. The first-order valence-corrected chi connectivity index (χ1v) is 9.94. The number of halogens is 2. The molecular weight excluding hydrogens is 421 g/mol. The monoisotopic (exact) mass is 443 g/mol. The van der Waals surface area contributed by atoms with Gasteiger partial charge in [-0.1, -0.05) is 64.5 Å². The van der Waals surface area contributed by atoms with Crippen LogP contribution in [0.5, 0.6) is 11.5 Å². The minimum absolute atomic E-state index is 0.166. The van der Waals surface area contributed by atoms with Gasteiger partial charge in [0.05, 0.1) is 7.11 Å². The van der Waals surface area contributed by atoms with Gasteiger partial charge >= 0.3 is 0 Å². The van der Waals surface area contributed by atoms with Crippen LogP contribution >= 0.6 is 15.9 Å². The molecule has 3 rings (SSSR count). The predicted octanol–water partition coefficient (Wildman–Crippen LogP) is 5.51. The SMILES string of the molecule is COc1cc(Br)cc(CNCCc2ccccc2F)c1OCc1ccccc1. The zero-order chi connectivity index (χ0) is 19.8. The topological polar surface area (TPSA) is 30.5 Å². The van der Waals surface area contributed by atoms with E-state index in [0.717, 1.165) is 15.6 Å². The quantitative estimate of drug-likeness (QED) is 0.442. The number of ether oxygens (including phenoxy) is 2. The van der Waals surface area contributed by atoms with Crippen molar-refractivity contribution in [3.8, 4) is 11.5 Å². The summed E-state index contributed by atoms with van der Waals surface area (Å²) in [5, 5.41) is 3.37. The first-order chi connectivity index (χ1) is 13.7. The number of nitrogens with one attached hydrogen (secondary N) is 1. The third kappa shape index (κ3) is 5.57. The molecule has 0 radical (unpaired) electrons. The van der Waals surface area contributed by atoms with Gasteiger partial charge in [0.25, 0.3) is 0 Å². The Balaban J connectivity index is 1.66. The Hall–Kier alpha value is -2.37. The van der Waals surface area contributed by atoms with E-state index in [-0.39, 0.29) is 5.82 Å². The fraction of sp³-hybridized carbons (Fsp3) is 0.217. The van der Waals surface area contributed by atoms with Gasteiger partial charge < -0.3 is 14.8 Å². The van der Waals surface area contributed by atoms with Crippen LogP contribution in [0, 0.1) is 5.82 Å². The molecule has 0 heterocycles. The largest absolute Gasteiger partial charge is 0.493 e. The second-order valence-electron chi connectivity index (χ2n) is 6.39. The molecule has 28 heavy (non-hydrogen) atoms. The lowest BCUT2D eigenvalue weighted by molar-refractivity contribution is 0.280. The van der Waals surface area contributed by atoms with Crippen molar-refractivity contribution < 1.29 is 13.9 Å². The molecule has 0 aromatic heterocycles. The summed E-state index contributed by atoms with van der Waals surface area (Å²) < 4.78 is 26.3. The normalized spacial score (nSPS) is 10.7. The maximum atomic E-state index is 13.7. The van der Waals surface area contributed by atoms with Gasteiger partial charge in [0.2, 0.25) is 0 Å². The van der Waals surface area contributed by atoms with Gasteiger partial charge in [0, 0.05) is 16.6 Å². The summed E-state index contributed by atoms with van der Waals surface area (Å²) in [5.41, 5.74) is 2.78. The van der Waals surface area contributed by atoms with Crippen LogP contribution in [0.15, 0.2) is 71.2 Å². The van der Waals surface area contributed by atoms with Crippen molar-refractivity contribution >= 4 is 15.9 Å². The van der Waals surface area contributed by atoms with Crippen molar-refractivity contribution in [1.29, 1.82) is 0 Å². The summed E-state index contributed by atoms with van der Waals surface area (Å²) in [4.78, 5) is 0. The van der Waals surface area contributed by atoms with Crippen molar-refractivity contribution in [2.45, 2.75) is 19.6 Å². The third-order valence-electron chi connectivity index (χ3n) is 4.39. The Kier molecular flexibility index (Phi) is 7.46. The van der Waals surface area contributed by atoms with Gasteiger partial charge in [-0.2, -0.15) is 0 Å². The fourth-order valence-corrected chi connectivity index (χ4v) is 3.43. The van der Waals surface area contributed by atoms with E-state index in [2.05, 4.69) is 21.2 Å². The highest BCUT2D eigenvalue weighted by Crippen LogP contribution is 2.35. The van der Waals surface area contributed by atoms with Crippen molar-refractivity contribution in [2.24, 2.45) is 0 Å². The molecule has 1 N–H and O–H groups in total. The molecule has 0 saturated carbocycles. The van der Waals surface area contributed by atoms with Crippen LogP contribution in [0.4, 0.5) is 4.39 Å². The van der Waals surface area contributed by atoms with Crippen LogP contribution in [-0.4, -0.2) is 13.7 Å². The smallest absolute Gasteiger partial charge is 0.166 e.